The smallest absolute Gasteiger partial charge is 0.744 e. The van der Waals surface area contributed by atoms with Crippen LogP contribution < -0.4 is 227 Å². The van der Waals surface area contributed by atoms with E-state index < -0.39 is 30.0 Å². The first-order valence-corrected chi connectivity index (χ1v) is 15.9. The quantitative estimate of drug-likeness (QED) is 0.0390. The van der Waals surface area contributed by atoms with Crippen LogP contribution in [0.4, 0.5) is 23.0 Å². The van der Waals surface area contributed by atoms with Gasteiger partial charge in [0.15, 0.2) is 0 Å². The summed E-state index contributed by atoms with van der Waals surface area (Å²) in [6.07, 6.45) is 2.79. The third kappa shape index (κ3) is 13.6. The second-order valence-corrected chi connectivity index (χ2v) is 12.8. The van der Waals surface area contributed by atoms with Gasteiger partial charge in [-0.3, -0.25) is 10.1 Å². The summed E-state index contributed by atoms with van der Waals surface area (Å²) in [6, 6.07) is 14.1. The van der Waals surface area contributed by atoms with Gasteiger partial charge in [0.05, 0.1) is 46.3 Å². The molecule has 0 aliphatic carbocycles. The third-order valence-corrected chi connectivity index (χ3v) is 8.72. The van der Waals surface area contributed by atoms with Gasteiger partial charge in [0.25, 0.3) is 0 Å². The second-order valence-electron chi connectivity index (χ2n) is 8.60. The summed E-state index contributed by atoms with van der Waals surface area (Å²) in [5.74, 6) is 0.595. The summed E-state index contributed by atoms with van der Waals surface area (Å²) in [4.78, 5) is 7.82. The summed E-state index contributed by atoms with van der Waals surface area (Å²) in [6.45, 7) is 0. The molecular formula is C24H14K4N4O12S4. The van der Waals surface area contributed by atoms with E-state index in [-0.39, 0.29) is 222 Å². The molecule has 0 aliphatic rings. The van der Waals surface area contributed by atoms with Crippen molar-refractivity contribution in [3.8, 4) is 0 Å². The Hall–Kier alpha value is 2.91. The van der Waals surface area contributed by atoms with Crippen LogP contribution in [0.5, 0.6) is 0 Å². The number of fused-ring (bicyclic) bond motifs is 2. The molecule has 48 heavy (non-hydrogen) atoms. The molecule has 1 aromatic heterocycles. The van der Waals surface area contributed by atoms with Crippen molar-refractivity contribution in [1.82, 2.24) is 9.97 Å². The topological polar surface area (TPSA) is 247 Å². The van der Waals surface area contributed by atoms with Crippen LogP contribution in [0.25, 0.3) is 21.5 Å². The summed E-state index contributed by atoms with van der Waals surface area (Å²) in [7, 11) is -10.1. The van der Waals surface area contributed by atoms with Gasteiger partial charge >= 0.3 is 206 Å². The summed E-state index contributed by atoms with van der Waals surface area (Å²) < 4.78 is 78.5. The van der Waals surface area contributed by atoms with E-state index in [0.29, 0.717) is 67.9 Å². The number of nitrogens with one attached hydrogen (secondary N) is 2. The molecule has 0 amide bonds. The molecule has 230 valence electrons. The Bertz CT molecular complexity index is 2080. The van der Waals surface area contributed by atoms with Crippen molar-refractivity contribution in [2.24, 2.45) is 0 Å². The van der Waals surface area contributed by atoms with Crippen molar-refractivity contribution in [3.63, 3.8) is 0 Å². The summed E-state index contributed by atoms with van der Waals surface area (Å²) >= 11 is 1.31. The summed E-state index contributed by atoms with van der Waals surface area (Å²) in [5.41, 5.74) is 0.923. The van der Waals surface area contributed by atoms with Crippen molar-refractivity contribution in [1.29, 1.82) is 0 Å². The van der Waals surface area contributed by atoms with E-state index in [0.717, 1.165) is 6.07 Å². The molecule has 0 spiro atoms. The van der Waals surface area contributed by atoms with Crippen LogP contribution in [0.2, 0.25) is 0 Å². The third-order valence-electron chi connectivity index (χ3n) is 5.84. The number of hydrogen-bond donors (Lipinski definition) is 2. The zero-order chi connectivity index (χ0) is 31.5. The molecule has 0 bridgehead atoms. The molecule has 0 saturated heterocycles. The fraction of sp³-hybridized carbons (Fsp3) is 0. The summed E-state index contributed by atoms with van der Waals surface area (Å²) in [5, 5.41) is 34.6. The number of rotatable bonds is 12. The second kappa shape index (κ2) is 22.5. The van der Waals surface area contributed by atoms with Gasteiger partial charge in [-0.05, 0) is 70.1 Å². The van der Waals surface area contributed by atoms with Gasteiger partial charge in [-0.15, -0.1) is 0 Å². The number of hydrogen-bond acceptors (Lipinski definition) is 18. The Morgan fingerprint density at radius 3 is 1.65 bits per heavy atom. The molecule has 0 fully saturated rings. The molecule has 0 atom stereocenters. The minimum atomic E-state index is -5.09. The van der Waals surface area contributed by atoms with Crippen molar-refractivity contribution in [2.45, 2.75) is 19.6 Å². The van der Waals surface area contributed by atoms with Crippen LogP contribution in [-0.4, -0.2) is 35.9 Å². The zero-order valence-electron chi connectivity index (χ0n) is 25.4. The van der Waals surface area contributed by atoms with E-state index in [1.165, 1.54) is 30.6 Å². The van der Waals surface area contributed by atoms with Crippen molar-refractivity contribution >= 4 is 88.9 Å². The maximum absolute atomic E-state index is 11.7. The van der Waals surface area contributed by atoms with Crippen LogP contribution in [0.15, 0.2) is 92.6 Å². The van der Waals surface area contributed by atoms with Gasteiger partial charge in [-0.25, -0.2) is 26.8 Å². The van der Waals surface area contributed by atoms with Gasteiger partial charge < -0.3 is 30.3 Å². The fourth-order valence-corrected chi connectivity index (χ4v) is 6.51. The predicted molar refractivity (Wildman–Crippen MR) is 148 cm³/mol. The largest absolute Gasteiger partial charge is 1.00 e. The molecule has 1 heterocycles. The maximum Gasteiger partial charge on any atom is 1.00 e. The average molecular weight is 835 g/mol. The Balaban J connectivity index is 0.00000288. The number of benzene rings is 4. The van der Waals surface area contributed by atoms with E-state index in [1.807, 2.05) is 0 Å². The minimum absolute atomic E-state index is 0. The molecular weight excluding hydrogens is 821 g/mol. The first kappa shape index (κ1) is 48.9. The van der Waals surface area contributed by atoms with Crippen molar-refractivity contribution in [2.75, 3.05) is 10.6 Å². The minimum Gasteiger partial charge on any atom is -0.744 e. The molecule has 5 aromatic rings. The molecule has 5 rings (SSSR count). The molecule has 2 N–H and O–H groups in total. The molecule has 0 aliphatic heterocycles. The normalized spacial score (nSPS) is 11.1. The van der Waals surface area contributed by atoms with E-state index in [2.05, 4.69) is 39.3 Å². The van der Waals surface area contributed by atoms with E-state index in [4.69, 9.17) is 0 Å². The Labute approximate surface area is 452 Å². The molecule has 4 aromatic carbocycles. The van der Waals surface area contributed by atoms with Crippen LogP contribution in [0.1, 0.15) is 0 Å². The number of anilines is 4. The van der Waals surface area contributed by atoms with Gasteiger partial charge in [0.2, 0.25) is 0 Å². The van der Waals surface area contributed by atoms with Gasteiger partial charge in [-0.2, -0.15) is 8.67 Å². The Kier molecular flexibility index (Phi) is 22.9. The van der Waals surface area contributed by atoms with E-state index >= 15 is 0 Å². The fourth-order valence-electron chi connectivity index (χ4n) is 4.10. The average Bonchev–Trinajstić information content (AvgIpc) is 2.98. The van der Waals surface area contributed by atoms with E-state index in [1.54, 1.807) is 30.3 Å². The van der Waals surface area contributed by atoms with Crippen LogP contribution in [0, 0.1) is 0 Å². The van der Waals surface area contributed by atoms with Gasteiger partial charge in [-0.1, -0.05) is 12.1 Å². The Morgan fingerprint density at radius 2 is 1.15 bits per heavy atom. The van der Waals surface area contributed by atoms with Crippen LogP contribution in [0.3, 0.4) is 0 Å². The number of nitrogens with zero attached hydrogens (tertiary/aromatic N) is 2. The monoisotopic (exact) mass is 834 g/mol. The molecule has 16 nitrogen and oxygen atoms in total. The predicted octanol–water partition coefficient (Wildman–Crippen LogP) is -9.44. The van der Waals surface area contributed by atoms with Gasteiger partial charge in [0.1, 0.15) is 31.9 Å². The Morgan fingerprint density at radius 1 is 0.625 bits per heavy atom. The SMILES string of the molecule is O=S(=O)([O-])c1cc(S(=O)(=O)[O-])c2ccc(Nc3cnc(Nc4ccc5c(SOO[O-])cc(SOO[O-])cc5c4)cn3)cc2c1.[K+].[K+].[K+].[K+]. The van der Waals surface area contributed by atoms with Gasteiger partial charge in [0, 0.05) is 21.2 Å². The molecule has 0 radical (unpaired) electrons. The maximum atomic E-state index is 11.7. The molecule has 24 heteroatoms. The van der Waals surface area contributed by atoms with Crippen LogP contribution >= 0.6 is 24.1 Å². The van der Waals surface area contributed by atoms with Crippen molar-refractivity contribution in [3.05, 3.63) is 73.1 Å². The standard InChI is InChI=1S/C24H18N4O12S4.4K/c29-37-39-41-17-7-13-5-15(1-3-19(13)21(9-17)42-40-38-30)27-23-11-26-24(12-25-23)28-16-2-4-20-14(6-16)8-18(43(31,32)33)10-22(20)44(34,35)36;;;;/h1-12,29-30H,(H,25,27)(H,26,28)(H,31,32,33)(H,34,35,36);;;;/q;4*+1/p-4. The zero-order valence-corrected chi connectivity index (χ0v) is 41.1. The first-order chi connectivity index (χ1) is 20.9. The van der Waals surface area contributed by atoms with E-state index in [9.17, 15) is 36.5 Å². The van der Waals surface area contributed by atoms with Crippen LogP contribution in [-0.2, 0) is 39.0 Å². The number of aromatic nitrogens is 2. The molecule has 0 saturated carbocycles. The van der Waals surface area contributed by atoms with Crippen molar-refractivity contribution < 1.29 is 261 Å². The molecule has 0 unspecified atom stereocenters. The first-order valence-electron chi connectivity index (χ1n) is 11.6.